The summed E-state index contributed by atoms with van der Waals surface area (Å²) in [6, 6.07) is 15.6. The number of halogens is 4. The molecule has 0 aliphatic heterocycles. The van der Waals surface area contributed by atoms with Crippen molar-refractivity contribution in [3.8, 4) is 5.75 Å². The molecule has 5 nitrogen and oxygen atoms in total. The third-order valence-corrected chi connectivity index (χ3v) is 5.18. The Labute approximate surface area is 186 Å². The van der Waals surface area contributed by atoms with Crippen LogP contribution in [0.15, 0.2) is 59.1 Å². The van der Waals surface area contributed by atoms with Gasteiger partial charge in [-0.2, -0.15) is 18.3 Å². The number of benzene rings is 2. The Morgan fingerprint density at radius 3 is 2.65 bits per heavy atom. The maximum absolute atomic E-state index is 12.7. The smallest absolute Gasteiger partial charge is 0.435 e. The Morgan fingerprint density at radius 1 is 1.16 bits per heavy atom. The number of aryl methyl sites for hydroxylation is 2. The van der Waals surface area contributed by atoms with Gasteiger partial charge in [0.2, 0.25) is 0 Å². The third kappa shape index (κ3) is 6.33. The number of amides is 1. The second-order valence-electron chi connectivity index (χ2n) is 6.92. The predicted molar refractivity (Wildman–Crippen MR) is 114 cm³/mol. The first-order valence-electron chi connectivity index (χ1n) is 9.60. The topological polar surface area (TPSA) is 56.2 Å². The minimum Gasteiger partial charge on any atom is -0.488 e. The fraction of sp³-hybridized carbons (Fsp3) is 0.273. The van der Waals surface area contributed by atoms with Gasteiger partial charge in [0.05, 0.1) is 4.47 Å². The standard InChI is InChI=1S/C22H21BrF3N3O2/c1-15-12-20(22(24,25)26)28-29(15)11-5-10-27-21(30)17-7-4-6-16(13-17)14-31-19-9-3-2-8-18(19)23/h2-4,6-9,12-13H,5,10-11,14H2,1H3,(H,27,30). The molecular formula is C22H21BrF3N3O2. The van der Waals surface area contributed by atoms with Gasteiger partial charge in [-0.3, -0.25) is 9.48 Å². The Kier molecular flexibility index (Phi) is 7.37. The van der Waals surface area contributed by atoms with Gasteiger partial charge in [0, 0.05) is 24.3 Å². The fourth-order valence-electron chi connectivity index (χ4n) is 2.93. The lowest BCUT2D eigenvalue weighted by molar-refractivity contribution is -0.141. The lowest BCUT2D eigenvalue weighted by atomic mass is 10.1. The van der Waals surface area contributed by atoms with Crippen LogP contribution in [-0.2, 0) is 19.3 Å². The van der Waals surface area contributed by atoms with Crippen LogP contribution in [-0.4, -0.2) is 22.2 Å². The molecule has 0 bridgehead atoms. The summed E-state index contributed by atoms with van der Waals surface area (Å²) in [6.07, 6.45) is -4.01. The summed E-state index contributed by atoms with van der Waals surface area (Å²) in [5.74, 6) is 0.454. The molecule has 1 heterocycles. The summed E-state index contributed by atoms with van der Waals surface area (Å²) in [5.41, 5.74) is 0.852. The highest BCUT2D eigenvalue weighted by Crippen LogP contribution is 2.28. The van der Waals surface area contributed by atoms with Gasteiger partial charge in [0.25, 0.3) is 5.91 Å². The predicted octanol–water partition coefficient (Wildman–Crippen LogP) is 5.37. The minimum absolute atomic E-state index is 0.254. The molecule has 9 heteroatoms. The molecule has 0 saturated heterocycles. The van der Waals surface area contributed by atoms with Crippen LogP contribution in [0.4, 0.5) is 13.2 Å². The maximum atomic E-state index is 12.7. The first kappa shape index (κ1) is 22.9. The van der Waals surface area contributed by atoms with E-state index >= 15 is 0 Å². The maximum Gasteiger partial charge on any atom is 0.435 e. The van der Waals surface area contributed by atoms with Crippen LogP contribution in [0.3, 0.4) is 0 Å². The summed E-state index contributed by atoms with van der Waals surface area (Å²) in [6.45, 7) is 2.48. The normalized spacial score (nSPS) is 11.4. The quantitative estimate of drug-likeness (QED) is 0.427. The lowest BCUT2D eigenvalue weighted by Gasteiger charge is -2.10. The van der Waals surface area contributed by atoms with Crippen LogP contribution in [0.5, 0.6) is 5.75 Å². The zero-order chi connectivity index (χ0) is 22.4. The molecule has 31 heavy (non-hydrogen) atoms. The lowest BCUT2D eigenvalue weighted by Crippen LogP contribution is -2.25. The third-order valence-electron chi connectivity index (χ3n) is 4.52. The van der Waals surface area contributed by atoms with Gasteiger partial charge in [0.15, 0.2) is 5.69 Å². The Bertz CT molecular complexity index is 1050. The summed E-state index contributed by atoms with van der Waals surface area (Å²) in [7, 11) is 0. The number of carbonyl (C=O) groups is 1. The number of ether oxygens (including phenoxy) is 1. The zero-order valence-corrected chi connectivity index (χ0v) is 18.3. The molecule has 0 aliphatic carbocycles. The van der Waals surface area contributed by atoms with E-state index in [0.29, 0.717) is 36.6 Å². The zero-order valence-electron chi connectivity index (χ0n) is 16.7. The molecule has 0 spiro atoms. The first-order chi connectivity index (χ1) is 14.7. The van der Waals surface area contributed by atoms with Crippen molar-refractivity contribution in [3.63, 3.8) is 0 Å². The van der Waals surface area contributed by atoms with E-state index in [4.69, 9.17) is 4.74 Å². The van der Waals surface area contributed by atoms with Crippen LogP contribution in [0.25, 0.3) is 0 Å². The van der Waals surface area contributed by atoms with Crippen LogP contribution < -0.4 is 10.1 Å². The summed E-state index contributed by atoms with van der Waals surface area (Å²) >= 11 is 3.42. The number of para-hydroxylation sites is 1. The van der Waals surface area contributed by atoms with Gasteiger partial charge in [-0.05, 0) is 65.2 Å². The molecule has 0 atom stereocenters. The number of hydrogen-bond acceptors (Lipinski definition) is 3. The number of nitrogens with zero attached hydrogens (tertiary/aromatic N) is 2. The average molecular weight is 496 g/mol. The SMILES string of the molecule is Cc1cc(C(F)(F)F)nn1CCCNC(=O)c1cccc(COc2ccccc2Br)c1. The second-order valence-corrected chi connectivity index (χ2v) is 7.78. The van der Waals surface area contributed by atoms with E-state index in [1.54, 1.807) is 25.1 Å². The molecule has 3 aromatic rings. The highest BCUT2D eigenvalue weighted by atomic mass is 79.9. The number of alkyl halides is 3. The van der Waals surface area contributed by atoms with Gasteiger partial charge >= 0.3 is 6.18 Å². The fourth-order valence-corrected chi connectivity index (χ4v) is 3.33. The number of nitrogens with one attached hydrogen (secondary N) is 1. The molecule has 0 unspecified atom stereocenters. The van der Waals surface area contributed by atoms with E-state index in [-0.39, 0.29) is 12.5 Å². The van der Waals surface area contributed by atoms with Crippen LogP contribution in [0.2, 0.25) is 0 Å². The summed E-state index contributed by atoms with van der Waals surface area (Å²) in [5, 5.41) is 6.37. The van der Waals surface area contributed by atoms with E-state index < -0.39 is 11.9 Å². The van der Waals surface area contributed by atoms with Crippen molar-refractivity contribution in [3.05, 3.63) is 81.6 Å². The van der Waals surface area contributed by atoms with E-state index in [9.17, 15) is 18.0 Å². The van der Waals surface area contributed by atoms with Crippen molar-refractivity contribution in [2.24, 2.45) is 0 Å². The molecule has 0 radical (unpaired) electrons. The molecule has 3 rings (SSSR count). The first-order valence-corrected chi connectivity index (χ1v) is 10.4. The minimum atomic E-state index is -4.46. The van der Waals surface area contributed by atoms with Crippen LogP contribution in [0.1, 0.15) is 33.7 Å². The molecular weight excluding hydrogens is 475 g/mol. The molecule has 0 aliphatic rings. The molecule has 0 fully saturated rings. The van der Waals surface area contributed by atoms with Crippen LogP contribution >= 0.6 is 15.9 Å². The Balaban J connectivity index is 1.49. The van der Waals surface area contributed by atoms with E-state index in [0.717, 1.165) is 16.1 Å². The van der Waals surface area contributed by atoms with E-state index in [1.165, 1.54) is 4.68 Å². The second kappa shape index (κ2) is 10.00. The van der Waals surface area contributed by atoms with Crippen molar-refractivity contribution >= 4 is 21.8 Å². The highest BCUT2D eigenvalue weighted by Gasteiger charge is 2.34. The van der Waals surface area contributed by atoms with Crippen molar-refractivity contribution in [1.29, 1.82) is 0 Å². The molecule has 1 aromatic heterocycles. The van der Waals surface area contributed by atoms with E-state index in [1.807, 2.05) is 30.3 Å². The van der Waals surface area contributed by atoms with Gasteiger partial charge in [-0.1, -0.05) is 24.3 Å². The van der Waals surface area contributed by atoms with Crippen molar-refractivity contribution in [2.45, 2.75) is 32.7 Å². The summed E-state index contributed by atoms with van der Waals surface area (Å²) in [4.78, 5) is 12.4. The van der Waals surface area contributed by atoms with Crippen molar-refractivity contribution < 1.29 is 22.7 Å². The summed E-state index contributed by atoms with van der Waals surface area (Å²) < 4.78 is 46.1. The molecule has 0 saturated carbocycles. The largest absolute Gasteiger partial charge is 0.488 e. The van der Waals surface area contributed by atoms with Crippen LogP contribution in [0, 0.1) is 6.92 Å². The number of carbonyl (C=O) groups excluding carboxylic acids is 1. The van der Waals surface area contributed by atoms with Gasteiger partial charge in [-0.25, -0.2) is 0 Å². The Morgan fingerprint density at radius 2 is 1.94 bits per heavy atom. The average Bonchev–Trinajstić information content (AvgIpc) is 3.12. The molecule has 1 amide bonds. The van der Waals surface area contributed by atoms with Gasteiger partial charge < -0.3 is 10.1 Å². The van der Waals surface area contributed by atoms with E-state index in [2.05, 4.69) is 26.3 Å². The van der Waals surface area contributed by atoms with Crippen molar-refractivity contribution in [2.75, 3.05) is 6.54 Å². The highest BCUT2D eigenvalue weighted by molar-refractivity contribution is 9.10. The number of rotatable bonds is 8. The molecule has 2 aromatic carbocycles. The van der Waals surface area contributed by atoms with Crippen molar-refractivity contribution in [1.82, 2.24) is 15.1 Å². The van der Waals surface area contributed by atoms with Gasteiger partial charge in [0.1, 0.15) is 12.4 Å². The Hall–Kier alpha value is -2.81. The molecule has 1 N–H and O–H groups in total. The number of aromatic nitrogens is 2. The molecule has 164 valence electrons. The van der Waals surface area contributed by atoms with Gasteiger partial charge in [-0.15, -0.1) is 0 Å². The number of hydrogen-bond donors (Lipinski definition) is 1. The monoisotopic (exact) mass is 495 g/mol.